The Labute approximate surface area is 221 Å². The highest BCUT2D eigenvalue weighted by Crippen LogP contribution is 2.46. The van der Waals surface area contributed by atoms with Crippen LogP contribution < -0.4 is 0 Å². The maximum Gasteiger partial charge on any atom is 0.0440 e. The molecule has 0 amide bonds. The zero-order chi connectivity index (χ0) is 25.3. The van der Waals surface area contributed by atoms with Gasteiger partial charge in [-0.3, -0.25) is 0 Å². The molecule has 0 aliphatic rings. The fraction of sp³-hybridized carbons (Fsp3) is 0.111. The van der Waals surface area contributed by atoms with Gasteiger partial charge in [0.2, 0.25) is 0 Å². The van der Waals surface area contributed by atoms with E-state index in [-0.39, 0.29) is 0 Å². The standard InChI is InChI=1S/C36H28S/c1-21-11-5-6-12-25(21)26-18-17-22(2)34(24(26)4)31-20-32-33(19-23(31)3)37-36-30-16-10-8-14-28(30)27-13-7-9-15-29(27)35(32)36/h5-20H,1-4H3. The van der Waals surface area contributed by atoms with Crippen LogP contribution in [0.1, 0.15) is 22.3 Å². The number of fused-ring (bicyclic) bond motifs is 8. The summed E-state index contributed by atoms with van der Waals surface area (Å²) >= 11 is 1.93. The Morgan fingerprint density at radius 2 is 1.11 bits per heavy atom. The van der Waals surface area contributed by atoms with Gasteiger partial charge in [-0.15, -0.1) is 11.3 Å². The maximum absolute atomic E-state index is 2.47. The van der Waals surface area contributed by atoms with E-state index in [0.29, 0.717) is 0 Å². The van der Waals surface area contributed by atoms with Crippen molar-refractivity contribution in [2.45, 2.75) is 27.7 Å². The zero-order valence-corrected chi connectivity index (χ0v) is 22.5. The van der Waals surface area contributed by atoms with Crippen molar-refractivity contribution < 1.29 is 0 Å². The molecule has 1 heterocycles. The summed E-state index contributed by atoms with van der Waals surface area (Å²) in [6, 6.07) is 36.0. The van der Waals surface area contributed by atoms with Crippen LogP contribution in [-0.2, 0) is 0 Å². The fourth-order valence-corrected chi connectivity index (χ4v) is 7.59. The van der Waals surface area contributed by atoms with Gasteiger partial charge in [0, 0.05) is 25.6 Å². The molecule has 178 valence electrons. The van der Waals surface area contributed by atoms with Gasteiger partial charge in [-0.2, -0.15) is 0 Å². The highest BCUT2D eigenvalue weighted by molar-refractivity contribution is 7.27. The minimum atomic E-state index is 1.31. The first-order valence-electron chi connectivity index (χ1n) is 13.0. The predicted molar refractivity (Wildman–Crippen MR) is 164 cm³/mol. The van der Waals surface area contributed by atoms with Crippen LogP contribution in [0, 0.1) is 27.7 Å². The molecule has 1 aromatic heterocycles. The third kappa shape index (κ3) is 3.27. The lowest BCUT2D eigenvalue weighted by atomic mass is 9.86. The molecule has 0 aliphatic heterocycles. The van der Waals surface area contributed by atoms with E-state index >= 15 is 0 Å². The molecular weight excluding hydrogens is 464 g/mol. The average Bonchev–Trinajstić information content (AvgIpc) is 3.28. The average molecular weight is 493 g/mol. The third-order valence-electron chi connectivity index (χ3n) is 8.07. The van der Waals surface area contributed by atoms with Gasteiger partial charge in [-0.25, -0.2) is 0 Å². The summed E-state index contributed by atoms with van der Waals surface area (Å²) in [7, 11) is 0. The highest BCUT2D eigenvalue weighted by Gasteiger charge is 2.18. The third-order valence-corrected chi connectivity index (χ3v) is 9.26. The molecule has 0 aliphatic carbocycles. The van der Waals surface area contributed by atoms with Gasteiger partial charge in [0.05, 0.1) is 0 Å². The normalized spacial score (nSPS) is 11.8. The summed E-state index contributed by atoms with van der Waals surface area (Å²) in [5.41, 5.74) is 10.7. The molecule has 37 heavy (non-hydrogen) atoms. The SMILES string of the molecule is Cc1ccccc1-c1ccc(C)c(-c2cc3c(cc2C)sc2c4ccccc4c4ccccc4c32)c1C. The van der Waals surface area contributed by atoms with Crippen molar-refractivity contribution in [3.8, 4) is 22.3 Å². The first-order valence-corrected chi connectivity index (χ1v) is 13.8. The molecule has 7 aromatic rings. The van der Waals surface area contributed by atoms with Gasteiger partial charge in [0.25, 0.3) is 0 Å². The molecule has 0 saturated heterocycles. The van der Waals surface area contributed by atoms with Crippen molar-refractivity contribution in [2.24, 2.45) is 0 Å². The predicted octanol–water partition coefficient (Wildman–Crippen LogP) is 10.9. The second kappa shape index (κ2) is 8.30. The van der Waals surface area contributed by atoms with Crippen LogP contribution in [0.3, 0.4) is 0 Å². The van der Waals surface area contributed by atoms with Crippen molar-refractivity contribution in [3.63, 3.8) is 0 Å². The lowest BCUT2D eigenvalue weighted by molar-refractivity contribution is 1.35. The molecule has 0 saturated carbocycles. The van der Waals surface area contributed by atoms with Crippen LogP contribution in [-0.4, -0.2) is 0 Å². The van der Waals surface area contributed by atoms with Crippen LogP contribution in [0.4, 0.5) is 0 Å². The van der Waals surface area contributed by atoms with Crippen LogP contribution in [0.5, 0.6) is 0 Å². The molecule has 0 fully saturated rings. The Hall–Kier alpha value is -3.94. The van der Waals surface area contributed by atoms with Crippen molar-refractivity contribution in [1.29, 1.82) is 0 Å². The molecule has 0 spiro atoms. The van der Waals surface area contributed by atoms with Crippen LogP contribution in [0.2, 0.25) is 0 Å². The topological polar surface area (TPSA) is 0 Å². The molecule has 0 unspecified atom stereocenters. The van der Waals surface area contributed by atoms with E-state index in [1.807, 2.05) is 11.3 Å². The van der Waals surface area contributed by atoms with Crippen molar-refractivity contribution in [3.05, 3.63) is 119 Å². The van der Waals surface area contributed by atoms with E-state index in [0.717, 1.165) is 0 Å². The minimum Gasteiger partial charge on any atom is -0.134 e. The summed E-state index contributed by atoms with van der Waals surface area (Å²) < 4.78 is 2.76. The van der Waals surface area contributed by atoms with E-state index in [4.69, 9.17) is 0 Å². The Morgan fingerprint density at radius 1 is 0.459 bits per heavy atom. The summed E-state index contributed by atoms with van der Waals surface area (Å²) in [4.78, 5) is 0. The summed E-state index contributed by atoms with van der Waals surface area (Å²) in [6.45, 7) is 9.03. The fourth-order valence-electron chi connectivity index (χ4n) is 6.25. The van der Waals surface area contributed by atoms with Gasteiger partial charge in [-0.05, 0) is 100 Å². The van der Waals surface area contributed by atoms with Gasteiger partial charge in [0.1, 0.15) is 0 Å². The van der Waals surface area contributed by atoms with E-state index in [1.165, 1.54) is 86.2 Å². The molecule has 1 heteroatoms. The molecule has 0 N–H and O–H groups in total. The second-order valence-corrected chi connectivity index (χ2v) is 11.4. The zero-order valence-electron chi connectivity index (χ0n) is 21.6. The summed E-state index contributed by atoms with van der Waals surface area (Å²) in [6.07, 6.45) is 0. The number of hydrogen-bond acceptors (Lipinski definition) is 1. The van der Waals surface area contributed by atoms with Gasteiger partial charge in [-0.1, -0.05) is 84.9 Å². The maximum atomic E-state index is 2.47. The number of hydrogen-bond donors (Lipinski definition) is 0. The summed E-state index contributed by atoms with van der Waals surface area (Å²) in [5, 5.41) is 8.13. The van der Waals surface area contributed by atoms with E-state index in [2.05, 4.69) is 125 Å². The second-order valence-electron chi connectivity index (χ2n) is 10.3. The van der Waals surface area contributed by atoms with Gasteiger partial charge >= 0.3 is 0 Å². The first kappa shape index (κ1) is 22.3. The minimum absolute atomic E-state index is 1.31. The number of thiophene rings is 1. The largest absolute Gasteiger partial charge is 0.134 e. The van der Waals surface area contributed by atoms with Crippen molar-refractivity contribution >= 4 is 53.1 Å². The van der Waals surface area contributed by atoms with Gasteiger partial charge in [0.15, 0.2) is 0 Å². The number of aryl methyl sites for hydroxylation is 3. The highest BCUT2D eigenvalue weighted by atomic mass is 32.1. The molecule has 0 bridgehead atoms. The Kier molecular flexibility index (Phi) is 4.99. The molecule has 6 aromatic carbocycles. The lowest BCUT2D eigenvalue weighted by Gasteiger charge is -2.18. The Balaban J connectivity index is 1.59. The van der Waals surface area contributed by atoms with Crippen LogP contribution >= 0.6 is 11.3 Å². The molecule has 0 atom stereocenters. The van der Waals surface area contributed by atoms with Crippen LogP contribution in [0.25, 0.3) is 64.0 Å². The van der Waals surface area contributed by atoms with Gasteiger partial charge < -0.3 is 0 Å². The summed E-state index contributed by atoms with van der Waals surface area (Å²) in [5.74, 6) is 0. The van der Waals surface area contributed by atoms with Crippen LogP contribution in [0.15, 0.2) is 97.1 Å². The lowest BCUT2D eigenvalue weighted by Crippen LogP contribution is -1.95. The quantitative estimate of drug-likeness (QED) is 0.211. The Bertz CT molecular complexity index is 2020. The van der Waals surface area contributed by atoms with Crippen molar-refractivity contribution in [1.82, 2.24) is 0 Å². The Morgan fingerprint density at radius 3 is 1.86 bits per heavy atom. The molecular formula is C36H28S. The van der Waals surface area contributed by atoms with E-state index < -0.39 is 0 Å². The monoisotopic (exact) mass is 492 g/mol. The van der Waals surface area contributed by atoms with Crippen molar-refractivity contribution in [2.75, 3.05) is 0 Å². The molecule has 7 rings (SSSR count). The molecule has 0 radical (unpaired) electrons. The number of rotatable bonds is 2. The number of benzene rings is 6. The van der Waals surface area contributed by atoms with E-state index in [1.54, 1.807) is 0 Å². The smallest absolute Gasteiger partial charge is 0.0440 e. The first-order chi connectivity index (χ1) is 18.0. The van der Waals surface area contributed by atoms with E-state index in [9.17, 15) is 0 Å². The molecule has 0 nitrogen and oxygen atoms in total.